The molecular weight excluding hydrogens is 405 g/mol. The molecule has 0 unspecified atom stereocenters. The number of nitrogens with one attached hydrogen (secondary N) is 1. The molecule has 0 aliphatic carbocycles. The average molecular weight is 418 g/mol. The summed E-state index contributed by atoms with van der Waals surface area (Å²) < 4.78 is 14.6. The van der Waals surface area contributed by atoms with Crippen molar-refractivity contribution in [2.75, 3.05) is 5.32 Å². The third-order valence-corrected chi connectivity index (χ3v) is 4.82. The topological polar surface area (TPSA) is 54.9 Å². The van der Waals surface area contributed by atoms with Crippen LogP contribution < -0.4 is 5.32 Å². The standard InChI is InChI=1S/C18H13BrFN3OS/c19-13-7-5-12(6-8-13)11-25-17-10-9-16(22-23-17)21-18(24)14-3-1-2-4-15(14)20/h1-10H,11H2,(H,21,22,24). The summed E-state index contributed by atoms with van der Waals surface area (Å²) in [7, 11) is 0. The number of rotatable bonds is 5. The van der Waals surface area contributed by atoms with Gasteiger partial charge in [0.15, 0.2) is 5.82 Å². The number of aromatic nitrogens is 2. The van der Waals surface area contributed by atoms with Gasteiger partial charge < -0.3 is 5.32 Å². The summed E-state index contributed by atoms with van der Waals surface area (Å²) in [6.45, 7) is 0. The normalized spacial score (nSPS) is 10.5. The maximum absolute atomic E-state index is 13.6. The molecule has 0 radical (unpaired) electrons. The van der Waals surface area contributed by atoms with Crippen LogP contribution in [-0.2, 0) is 5.75 Å². The van der Waals surface area contributed by atoms with E-state index in [1.165, 1.54) is 23.8 Å². The summed E-state index contributed by atoms with van der Waals surface area (Å²) in [6, 6.07) is 17.3. The molecule has 0 spiro atoms. The Hall–Kier alpha value is -2.25. The number of anilines is 1. The van der Waals surface area contributed by atoms with E-state index < -0.39 is 11.7 Å². The number of carbonyl (C=O) groups is 1. The summed E-state index contributed by atoms with van der Waals surface area (Å²) in [5.41, 5.74) is 1.14. The first kappa shape index (κ1) is 17.6. The van der Waals surface area contributed by atoms with E-state index in [2.05, 4.69) is 31.4 Å². The molecule has 3 rings (SSSR count). The molecule has 0 saturated heterocycles. The molecule has 25 heavy (non-hydrogen) atoms. The fraction of sp³-hybridized carbons (Fsp3) is 0.0556. The molecule has 7 heteroatoms. The van der Waals surface area contributed by atoms with E-state index in [9.17, 15) is 9.18 Å². The minimum atomic E-state index is -0.574. The molecule has 0 saturated carbocycles. The first-order chi connectivity index (χ1) is 12.1. The molecule has 3 aromatic rings. The molecule has 0 fully saturated rings. The Balaban J connectivity index is 1.59. The van der Waals surface area contributed by atoms with Crippen LogP contribution in [0, 0.1) is 5.82 Å². The summed E-state index contributed by atoms with van der Waals surface area (Å²) in [6.07, 6.45) is 0. The minimum Gasteiger partial charge on any atom is -0.305 e. The molecule has 126 valence electrons. The Bertz CT molecular complexity index is 872. The second-order valence-corrected chi connectivity index (χ2v) is 7.02. The third-order valence-electron chi connectivity index (χ3n) is 3.30. The lowest BCUT2D eigenvalue weighted by Gasteiger charge is -2.05. The van der Waals surface area contributed by atoms with Crippen LogP contribution in [0.15, 0.2) is 70.2 Å². The van der Waals surface area contributed by atoms with Gasteiger partial charge in [0.1, 0.15) is 10.8 Å². The Morgan fingerprint density at radius 1 is 1.04 bits per heavy atom. The molecule has 0 aliphatic heterocycles. The Labute approximate surface area is 157 Å². The van der Waals surface area contributed by atoms with Gasteiger partial charge in [-0.1, -0.05) is 52.0 Å². The van der Waals surface area contributed by atoms with Crippen LogP contribution in [0.5, 0.6) is 0 Å². The van der Waals surface area contributed by atoms with Crippen molar-refractivity contribution in [3.05, 3.63) is 82.1 Å². The number of hydrogen-bond acceptors (Lipinski definition) is 4. The van der Waals surface area contributed by atoms with E-state index in [1.807, 2.05) is 24.3 Å². The van der Waals surface area contributed by atoms with Crippen molar-refractivity contribution >= 4 is 39.4 Å². The molecule has 1 aromatic heterocycles. The maximum atomic E-state index is 13.6. The summed E-state index contributed by atoms with van der Waals surface area (Å²) in [5.74, 6) is -0.0818. The number of hydrogen-bond donors (Lipinski definition) is 1. The molecule has 1 heterocycles. The number of thioether (sulfide) groups is 1. The van der Waals surface area contributed by atoms with Crippen LogP contribution in [0.2, 0.25) is 0 Å². The van der Waals surface area contributed by atoms with E-state index in [0.29, 0.717) is 0 Å². The zero-order valence-electron chi connectivity index (χ0n) is 12.9. The van der Waals surface area contributed by atoms with Gasteiger partial charge in [-0.2, -0.15) is 0 Å². The number of halogens is 2. The molecule has 0 bridgehead atoms. The van der Waals surface area contributed by atoms with Crippen molar-refractivity contribution in [2.45, 2.75) is 10.8 Å². The van der Waals surface area contributed by atoms with Crippen molar-refractivity contribution < 1.29 is 9.18 Å². The van der Waals surface area contributed by atoms with Crippen LogP contribution >= 0.6 is 27.7 Å². The van der Waals surface area contributed by atoms with Crippen molar-refractivity contribution in [2.24, 2.45) is 0 Å². The average Bonchev–Trinajstić information content (AvgIpc) is 2.63. The zero-order chi connectivity index (χ0) is 17.6. The van der Waals surface area contributed by atoms with Crippen LogP contribution in [-0.4, -0.2) is 16.1 Å². The highest BCUT2D eigenvalue weighted by Gasteiger charge is 2.11. The monoisotopic (exact) mass is 417 g/mol. The first-order valence-electron chi connectivity index (χ1n) is 7.39. The second-order valence-electron chi connectivity index (χ2n) is 5.11. The van der Waals surface area contributed by atoms with Crippen molar-refractivity contribution in [3.63, 3.8) is 0 Å². The van der Waals surface area contributed by atoms with Gasteiger partial charge in [0.2, 0.25) is 0 Å². The van der Waals surface area contributed by atoms with Gasteiger partial charge in [0, 0.05) is 10.2 Å². The zero-order valence-corrected chi connectivity index (χ0v) is 15.3. The lowest BCUT2D eigenvalue weighted by molar-refractivity contribution is 0.102. The smallest absolute Gasteiger partial charge is 0.259 e. The van der Waals surface area contributed by atoms with Crippen LogP contribution in [0.1, 0.15) is 15.9 Å². The second kappa shape index (κ2) is 8.22. The molecule has 2 aromatic carbocycles. The fourth-order valence-electron chi connectivity index (χ4n) is 2.03. The maximum Gasteiger partial charge on any atom is 0.259 e. The Morgan fingerprint density at radius 3 is 2.48 bits per heavy atom. The van der Waals surface area contributed by atoms with E-state index in [0.717, 1.165) is 15.3 Å². The molecular formula is C18H13BrFN3OS. The van der Waals surface area contributed by atoms with E-state index >= 15 is 0 Å². The Morgan fingerprint density at radius 2 is 1.80 bits per heavy atom. The SMILES string of the molecule is O=C(Nc1ccc(SCc2ccc(Br)cc2)nn1)c1ccccc1F. The van der Waals surface area contributed by atoms with Gasteiger partial charge >= 0.3 is 0 Å². The van der Waals surface area contributed by atoms with Gasteiger partial charge in [-0.3, -0.25) is 4.79 Å². The minimum absolute atomic E-state index is 0.0296. The van der Waals surface area contributed by atoms with Gasteiger partial charge in [-0.25, -0.2) is 4.39 Å². The largest absolute Gasteiger partial charge is 0.305 e. The van der Waals surface area contributed by atoms with Gasteiger partial charge in [0.05, 0.1) is 5.56 Å². The highest BCUT2D eigenvalue weighted by atomic mass is 79.9. The van der Waals surface area contributed by atoms with Crippen LogP contribution in [0.4, 0.5) is 10.2 Å². The first-order valence-corrected chi connectivity index (χ1v) is 9.16. The molecule has 1 N–H and O–H groups in total. The lowest BCUT2D eigenvalue weighted by atomic mass is 10.2. The highest BCUT2D eigenvalue weighted by Crippen LogP contribution is 2.22. The van der Waals surface area contributed by atoms with Crippen molar-refractivity contribution in [1.29, 1.82) is 0 Å². The molecule has 0 atom stereocenters. The molecule has 0 aliphatic rings. The predicted molar refractivity (Wildman–Crippen MR) is 100 cm³/mol. The van der Waals surface area contributed by atoms with Crippen molar-refractivity contribution in [3.8, 4) is 0 Å². The third kappa shape index (κ3) is 4.87. The fourth-order valence-corrected chi connectivity index (χ4v) is 3.06. The van der Waals surface area contributed by atoms with Crippen LogP contribution in [0.3, 0.4) is 0 Å². The Kier molecular flexibility index (Phi) is 5.78. The highest BCUT2D eigenvalue weighted by molar-refractivity contribution is 9.10. The van der Waals surface area contributed by atoms with Gasteiger partial charge in [-0.15, -0.1) is 10.2 Å². The summed E-state index contributed by atoms with van der Waals surface area (Å²) in [5, 5.41) is 11.3. The number of carbonyl (C=O) groups excluding carboxylic acids is 1. The number of benzene rings is 2. The molecule has 4 nitrogen and oxygen atoms in total. The van der Waals surface area contributed by atoms with Crippen molar-refractivity contribution in [1.82, 2.24) is 10.2 Å². The van der Waals surface area contributed by atoms with E-state index in [1.54, 1.807) is 30.0 Å². The van der Waals surface area contributed by atoms with Crippen LogP contribution in [0.25, 0.3) is 0 Å². The number of amides is 1. The number of nitrogens with zero attached hydrogens (tertiary/aromatic N) is 2. The predicted octanol–water partition coefficient (Wildman–Crippen LogP) is 4.92. The summed E-state index contributed by atoms with van der Waals surface area (Å²) >= 11 is 4.95. The van der Waals surface area contributed by atoms with Gasteiger partial charge in [-0.05, 0) is 42.0 Å². The van der Waals surface area contributed by atoms with Gasteiger partial charge in [0.25, 0.3) is 5.91 Å². The molecule has 1 amide bonds. The quantitative estimate of drug-likeness (QED) is 0.598. The summed E-state index contributed by atoms with van der Waals surface area (Å²) in [4.78, 5) is 12.0. The van der Waals surface area contributed by atoms with E-state index in [-0.39, 0.29) is 11.4 Å². The van der Waals surface area contributed by atoms with E-state index in [4.69, 9.17) is 0 Å². The lowest BCUT2D eigenvalue weighted by Crippen LogP contribution is -2.14.